The van der Waals surface area contributed by atoms with Gasteiger partial charge in [0.1, 0.15) is 5.69 Å². The van der Waals surface area contributed by atoms with Gasteiger partial charge in [0.15, 0.2) is 0 Å². The van der Waals surface area contributed by atoms with Crippen molar-refractivity contribution in [3.8, 4) is 0 Å². The molecule has 18 heteroatoms. The number of nitrogens with one attached hydrogen (secondary N) is 1. The Labute approximate surface area is 294 Å². The molecule has 0 radical (unpaired) electrons. The quantitative estimate of drug-likeness (QED) is 0.0590. The Hall–Kier alpha value is -2.62. The lowest BCUT2D eigenvalue weighted by Crippen LogP contribution is -2.16. The van der Waals surface area contributed by atoms with Crippen molar-refractivity contribution in [2.45, 2.75) is 19.8 Å². The fourth-order valence-corrected chi connectivity index (χ4v) is 3.74. The molecule has 0 aliphatic carbocycles. The van der Waals surface area contributed by atoms with E-state index in [0.29, 0.717) is 139 Å². The largest absolute Gasteiger partial charge is 0.379 e. The highest BCUT2D eigenvalue weighted by Crippen LogP contribution is 2.28. The first-order valence-electron chi connectivity index (χ1n) is 17.1. The van der Waals surface area contributed by atoms with E-state index in [2.05, 4.69) is 12.2 Å². The third-order valence-electron chi connectivity index (χ3n) is 6.31. The minimum atomic E-state index is -0.680. The number of anilines is 1. The molecule has 1 rings (SSSR count). The summed E-state index contributed by atoms with van der Waals surface area (Å²) in [6.07, 6.45) is 2.22. The number of hydrogen-bond acceptors (Lipinski definition) is 16. The molecule has 18 nitrogen and oxygen atoms in total. The van der Waals surface area contributed by atoms with Gasteiger partial charge in [-0.25, -0.2) is 0 Å². The zero-order valence-electron chi connectivity index (χ0n) is 29.4. The van der Waals surface area contributed by atoms with E-state index >= 15 is 0 Å². The number of non-ortho nitro benzene ring substituents is 1. The molecule has 0 saturated heterocycles. The monoisotopic (exact) mass is 723 g/mol. The van der Waals surface area contributed by atoms with Gasteiger partial charge < -0.3 is 57.4 Å². The molecule has 0 aliphatic rings. The van der Waals surface area contributed by atoms with Gasteiger partial charge in [-0.05, 0) is 12.5 Å². The van der Waals surface area contributed by atoms with Gasteiger partial charge >= 0.3 is 0 Å². The van der Waals surface area contributed by atoms with E-state index in [1.54, 1.807) is 0 Å². The number of benzene rings is 1. The third kappa shape index (κ3) is 28.1. The summed E-state index contributed by atoms with van der Waals surface area (Å²) in [5.74, 6) is 0. The van der Waals surface area contributed by atoms with Crippen LogP contribution in [0.15, 0.2) is 18.2 Å². The van der Waals surface area contributed by atoms with E-state index in [1.807, 2.05) is 0 Å². The molecule has 1 aromatic rings. The van der Waals surface area contributed by atoms with Crippen molar-refractivity contribution in [1.29, 1.82) is 0 Å². The summed E-state index contributed by atoms with van der Waals surface area (Å²) in [5.41, 5.74) is -0.524. The summed E-state index contributed by atoms with van der Waals surface area (Å²) in [5, 5.41) is 24.8. The highest BCUT2D eigenvalue weighted by Gasteiger charge is 2.19. The predicted octanol–water partition coefficient (Wildman–Crippen LogP) is 2.90. The molecular weight excluding hydrogens is 666 g/mol. The molecule has 0 amide bonds. The van der Waals surface area contributed by atoms with E-state index in [1.165, 1.54) is 12.1 Å². The summed E-state index contributed by atoms with van der Waals surface area (Å²) < 4.78 is 59.9. The lowest BCUT2D eigenvalue weighted by atomic mass is 10.2. The molecular formula is C32H57N3O15. The Bertz CT molecular complexity index is 948. The first-order chi connectivity index (χ1) is 24.6. The van der Waals surface area contributed by atoms with Crippen LogP contribution in [0.1, 0.15) is 19.8 Å². The van der Waals surface area contributed by atoms with Gasteiger partial charge in [-0.3, -0.25) is 20.2 Å². The maximum Gasteiger partial charge on any atom is 0.299 e. The van der Waals surface area contributed by atoms with Crippen LogP contribution in [-0.4, -0.2) is 162 Å². The Morgan fingerprint density at radius 1 is 0.480 bits per heavy atom. The lowest BCUT2D eigenvalue weighted by molar-refractivity contribution is -0.393. The highest BCUT2D eigenvalue weighted by molar-refractivity contribution is 5.65. The second kappa shape index (κ2) is 34.8. The fraction of sp³-hybridized carbons (Fsp3) is 0.812. The summed E-state index contributed by atoms with van der Waals surface area (Å²) in [6.45, 7) is 13.1. The van der Waals surface area contributed by atoms with Crippen LogP contribution in [0.3, 0.4) is 0 Å². The molecule has 0 bridgehead atoms. The summed E-state index contributed by atoms with van der Waals surface area (Å²) in [6, 6.07) is 3.43. The molecule has 0 atom stereocenters. The second-order valence-electron chi connectivity index (χ2n) is 10.2. The molecule has 290 valence electrons. The minimum absolute atomic E-state index is 0.186. The molecule has 0 fully saturated rings. The maximum absolute atomic E-state index is 11.1. The van der Waals surface area contributed by atoms with Crippen LogP contribution in [0.2, 0.25) is 0 Å². The van der Waals surface area contributed by atoms with Crippen LogP contribution in [-0.2, 0) is 52.1 Å². The molecule has 0 saturated carbocycles. The zero-order valence-corrected chi connectivity index (χ0v) is 29.4. The zero-order chi connectivity index (χ0) is 36.2. The Morgan fingerprint density at radius 3 is 1.10 bits per heavy atom. The van der Waals surface area contributed by atoms with Crippen molar-refractivity contribution in [2.24, 2.45) is 0 Å². The Balaban J connectivity index is 1.71. The van der Waals surface area contributed by atoms with E-state index in [0.717, 1.165) is 25.5 Å². The van der Waals surface area contributed by atoms with Gasteiger partial charge in [-0.2, -0.15) is 0 Å². The number of unbranched alkanes of at least 4 members (excludes halogenated alkanes) is 1. The molecule has 0 unspecified atom stereocenters. The summed E-state index contributed by atoms with van der Waals surface area (Å²) in [7, 11) is 0. The second-order valence-corrected chi connectivity index (χ2v) is 10.2. The number of nitro groups is 2. The minimum Gasteiger partial charge on any atom is -0.379 e. The SMILES string of the molecule is CCCCOCCOCCOCCOCCOCCOCCOCCOCCOCCOCCOCCNc1ccc([N+](=O)[O-])cc1[N+](=O)[O-]. The van der Waals surface area contributed by atoms with Gasteiger partial charge in [-0.1, -0.05) is 13.3 Å². The van der Waals surface area contributed by atoms with E-state index in [4.69, 9.17) is 52.1 Å². The average molecular weight is 724 g/mol. The fourth-order valence-electron chi connectivity index (χ4n) is 3.74. The number of hydrogen-bond donors (Lipinski definition) is 1. The number of nitro benzene ring substituents is 2. The molecule has 0 spiro atoms. The first-order valence-corrected chi connectivity index (χ1v) is 17.1. The van der Waals surface area contributed by atoms with E-state index in [9.17, 15) is 20.2 Å². The molecule has 0 aliphatic heterocycles. The van der Waals surface area contributed by atoms with Gasteiger partial charge in [0.2, 0.25) is 0 Å². The van der Waals surface area contributed by atoms with Crippen LogP contribution >= 0.6 is 0 Å². The van der Waals surface area contributed by atoms with Gasteiger partial charge in [0, 0.05) is 19.2 Å². The van der Waals surface area contributed by atoms with Gasteiger partial charge in [-0.15, -0.1) is 0 Å². The number of nitrogens with zero attached hydrogens (tertiary/aromatic N) is 2. The van der Waals surface area contributed by atoms with Crippen LogP contribution in [0.25, 0.3) is 0 Å². The van der Waals surface area contributed by atoms with Crippen molar-refractivity contribution in [2.75, 3.05) is 157 Å². The third-order valence-corrected chi connectivity index (χ3v) is 6.31. The summed E-state index contributed by atoms with van der Waals surface area (Å²) in [4.78, 5) is 20.6. The predicted molar refractivity (Wildman–Crippen MR) is 182 cm³/mol. The topological polar surface area (TPSA) is 200 Å². The van der Waals surface area contributed by atoms with Gasteiger partial charge in [0.25, 0.3) is 11.4 Å². The smallest absolute Gasteiger partial charge is 0.299 e. The first kappa shape index (κ1) is 45.4. The molecule has 0 heterocycles. The van der Waals surface area contributed by atoms with Gasteiger partial charge in [0.05, 0.1) is 155 Å². The number of rotatable bonds is 39. The molecule has 0 aromatic heterocycles. The molecule has 1 aromatic carbocycles. The Kier molecular flexibility index (Phi) is 31.6. The van der Waals surface area contributed by atoms with Crippen molar-refractivity contribution in [3.05, 3.63) is 38.4 Å². The van der Waals surface area contributed by atoms with Crippen molar-refractivity contribution >= 4 is 17.1 Å². The number of ether oxygens (including phenoxy) is 11. The maximum atomic E-state index is 11.1. The van der Waals surface area contributed by atoms with Crippen LogP contribution < -0.4 is 5.32 Å². The lowest BCUT2D eigenvalue weighted by Gasteiger charge is -2.09. The molecule has 1 N–H and O–H groups in total. The normalized spacial score (nSPS) is 11.3. The van der Waals surface area contributed by atoms with Crippen LogP contribution in [0.5, 0.6) is 0 Å². The van der Waals surface area contributed by atoms with E-state index < -0.39 is 9.85 Å². The average Bonchev–Trinajstić information content (AvgIpc) is 3.11. The van der Waals surface area contributed by atoms with Crippen molar-refractivity contribution < 1.29 is 62.0 Å². The van der Waals surface area contributed by atoms with Crippen LogP contribution in [0.4, 0.5) is 17.1 Å². The summed E-state index contributed by atoms with van der Waals surface area (Å²) >= 11 is 0. The van der Waals surface area contributed by atoms with Crippen molar-refractivity contribution in [1.82, 2.24) is 0 Å². The van der Waals surface area contributed by atoms with Crippen molar-refractivity contribution in [3.63, 3.8) is 0 Å². The standard InChI is InChI=1S/C32H57N3O15/c1-2-3-7-40-9-11-42-13-15-44-17-19-46-21-23-48-25-27-50-28-26-49-24-22-47-20-18-45-16-14-43-12-10-41-8-6-33-31-5-4-30(34(36)37)29-32(31)35(38)39/h4-5,29,33H,2-3,6-28H2,1H3. The molecule has 50 heavy (non-hydrogen) atoms. The Morgan fingerprint density at radius 2 is 0.800 bits per heavy atom. The van der Waals surface area contributed by atoms with Crippen LogP contribution in [0, 0.1) is 20.2 Å². The highest BCUT2D eigenvalue weighted by atomic mass is 16.6. The van der Waals surface area contributed by atoms with E-state index in [-0.39, 0.29) is 23.7 Å².